The van der Waals surface area contributed by atoms with Gasteiger partial charge in [0.2, 0.25) is 5.91 Å². The molecule has 8 heteroatoms. The van der Waals surface area contributed by atoms with Crippen LogP contribution in [0.3, 0.4) is 0 Å². The lowest BCUT2D eigenvalue weighted by molar-refractivity contribution is -0.121. The molecule has 160 valence electrons. The second kappa shape index (κ2) is 6.80. The van der Waals surface area contributed by atoms with Crippen LogP contribution in [0.25, 0.3) is 0 Å². The molecule has 31 heavy (non-hydrogen) atoms. The van der Waals surface area contributed by atoms with Gasteiger partial charge >= 0.3 is 0 Å². The van der Waals surface area contributed by atoms with Crippen LogP contribution in [0, 0.1) is 6.92 Å². The molecule has 2 amide bonds. The van der Waals surface area contributed by atoms with Gasteiger partial charge in [0.25, 0.3) is 5.91 Å². The van der Waals surface area contributed by atoms with Gasteiger partial charge < -0.3 is 10.2 Å². The van der Waals surface area contributed by atoms with Gasteiger partial charge in [0.15, 0.2) is 5.69 Å². The summed E-state index contributed by atoms with van der Waals surface area (Å²) < 4.78 is 3.57. The molecule has 2 unspecified atom stereocenters. The number of aryl methyl sites for hydroxylation is 2. The van der Waals surface area contributed by atoms with Crippen LogP contribution >= 0.6 is 0 Å². The van der Waals surface area contributed by atoms with Crippen molar-refractivity contribution in [2.45, 2.75) is 44.7 Å². The number of aromatic nitrogens is 4. The van der Waals surface area contributed by atoms with E-state index in [1.165, 1.54) is 0 Å². The molecule has 8 nitrogen and oxygen atoms in total. The van der Waals surface area contributed by atoms with Crippen molar-refractivity contribution in [1.82, 2.24) is 24.5 Å². The number of anilines is 1. The van der Waals surface area contributed by atoms with Gasteiger partial charge in [0, 0.05) is 42.8 Å². The summed E-state index contributed by atoms with van der Waals surface area (Å²) in [6.45, 7) is 6.50. The number of nitrogens with one attached hydrogen (secondary N) is 1. The summed E-state index contributed by atoms with van der Waals surface area (Å²) in [5.41, 5.74) is 3.10. The molecule has 0 saturated carbocycles. The summed E-state index contributed by atoms with van der Waals surface area (Å²) in [6, 6.07) is 9.30. The molecule has 1 fully saturated rings. The van der Waals surface area contributed by atoms with E-state index in [-0.39, 0.29) is 17.9 Å². The first-order valence-electron chi connectivity index (χ1n) is 10.6. The Kier molecular flexibility index (Phi) is 4.28. The second-order valence-electron chi connectivity index (χ2n) is 8.78. The number of nitrogens with zero attached hydrogens (tertiary/aromatic N) is 5. The van der Waals surface area contributed by atoms with E-state index in [9.17, 15) is 9.59 Å². The van der Waals surface area contributed by atoms with E-state index in [1.807, 2.05) is 69.0 Å². The van der Waals surface area contributed by atoms with Crippen molar-refractivity contribution >= 4 is 17.5 Å². The Morgan fingerprint density at radius 1 is 1.29 bits per heavy atom. The molecule has 2 aliphatic heterocycles. The summed E-state index contributed by atoms with van der Waals surface area (Å²) in [7, 11) is 1.84. The first-order chi connectivity index (χ1) is 14.8. The van der Waals surface area contributed by atoms with E-state index in [1.54, 1.807) is 15.8 Å². The van der Waals surface area contributed by atoms with Crippen LogP contribution in [-0.4, -0.2) is 42.8 Å². The predicted octanol–water partition coefficient (Wildman–Crippen LogP) is 2.98. The lowest BCUT2D eigenvalue weighted by Gasteiger charge is -2.33. The van der Waals surface area contributed by atoms with Crippen molar-refractivity contribution in [3.05, 3.63) is 65.2 Å². The highest BCUT2D eigenvalue weighted by molar-refractivity contribution is 6.08. The van der Waals surface area contributed by atoms with Crippen LogP contribution in [0.5, 0.6) is 0 Å². The molecule has 1 aromatic carbocycles. The molecule has 0 aliphatic carbocycles. The van der Waals surface area contributed by atoms with Gasteiger partial charge in [-0.3, -0.25) is 19.0 Å². The van der Waals surface area contributed by atoms with Gasteiger partial charge in [-0.15, -0.1) is 0 Å². The first kappa shape index (κ1) is 19.5. The van der Waals surface area contributed by atoms with Gasteiger partial charge in [0.05, 0.1) is 12.2 Å². The molecule has 2 aliphatic rings. The minimum atomic E-state index is -0.842. The molecule has 5 rings (SSSR count). The summed E-state index contributed by atoms with van der Waals surface area (Å²) in [6.07, 6.45) is 4.19. The number of para-hydroxylation sites is 1. The fourth-order valence-corrected chi connectivity index (χ4v) is 5.21. The van der Waals surface area contributed by atoms with E-state index >= 15 is 0 Å². The molecule has 3 aromatic rings. The third-order valence-electron chi connectivity index (χ3n) is 6.52. The smallest absolute Gasteiger partial charge is 0.274 e. The zero-order valence-electron chi connectivity index (χ0n) is 18.2. The van der Waals surface area contributed by atoms with Crippen LogP contribution in [0.2, 0.25) is 0 Å². The van der Waals surface area contributed by atoms with Crippen molar-refractivity contribution in [1.29, 1.82) is 0 Å². The fraction of sp³-hybridized carbons (Fsp3) is 0.391. The van der Waals surface area contributed by atoms with Crippen LogP contribution < -0.4 is 5.32 Å². The quantitative estimate of drug-likeness (QED) is 0.709. The van der Waals surface area contributed by atoms with Crippen molar-refractivity contribution in [3.8, 4) is 0 Å². The maximum atomic E-state index is 13.7. The highest BCUT2D eigenvalue weighted by Gasteiger charge is 2.59. The van der Waals surface area contributed by atoms with Crippen LogP contribution in [0.1, 0.15) is 59.7 Å². The maximum Gasteiger partial charge on any atom is 0.274 e. The maximum absolute atomic E-state index is 13.7. The summed E-state index contributed by atoms with van der Waals surface area (Å²) >= 11 is 0. The molecule has 4 heterocycles. The minimum absolute atomic E-state index is 0.0678. The third-order valence-corrected chi connectivity index (χ3v) is 6.52. The van der Waals surface area contributed by atoms with Gasteiger partial charge in [-0.05, 0) is 44.9 Å². The summed E-state index contributed by atoms with van der Waals surface area (Å²) in [5, 5.41) is 11.9. The highest BCUT2D eigenvalue weighted by atomic mass is 16.2. The van der Waals surface area contributed by atoms with Crippen molar-refractivity contribution in [3.63, 3.8) is 0 Å². The molecular weight excluding hydrogens is 392 g/mol. The van der Waals surface area contributed by atoms with E-state index in [0.29, 0.717) is 18.7 Å². The third kappa shape index (κ3) is 2.74. The predicted molar refractivity (Wildman–Crippen MR) is 116 cm³/mol. The molecule has 1 spiro atoms. The number of rotatable bonds is 3. The largest absolute Gasteiger partial charge is 0.329 e. The molecule has 2 aromatic heterocycles. The van der Waals surface area contributed by atoms with Crippen LogP contribution in [-0.2, 0) is 17.3 Å². The Labute approximate surface area is 180 Å². The molecular formula is C23H26N6O2. The number of likely N-dealkylation sites (tertiary alicyclic amines) is 1. The lowest BCUT2D eigenvalue weighted by atomic mass is 9.73. The van der Waals surface area contributed by atoms with Gasteiger partial charge in [-0.2, -0.15) is 10.2 Å². The molecule has 0 radical (unpaired) electrons. The fourth-order valence-electron chi connectivity index (χ4n) is 5.21. The second-order valence-corrected chi connectivity index (χ2v) is 8.78. The zero-order chi connectivity index (χ0) is 21.9. The summed E-state index contributed by atoms with van der Waals surface area (Å²) in [4.78, 5) is 28.9. The molecule has 0 bridgehead atoms. The minimum Gasteiger partial charge on any atom is -0.329 e. The number of carbonyl (C=O) groups is 2. The Hall–Kier alpha value is -3.42. The van der Waals surface area contributed by atoms with Crippen molar-refractivity contribution in [2.24, 2.45) is 7.05 Å². The number of carbonyl (C=O) groups excluding carboxylic acids is 2. The lowest BCUT2D eigenvalue weighted by Crippen LogP contribution is -2.42. The number of hydrogen-bond acceptors (Lipinski definition) is 4. The Morgan fingerprint density at radius 2 is 2.06 bits per heavy atom. The van der Waals surface area contributed by atoms with Crippen LogP contribution in [0.15, 0.2) is 42.7 Å². The molecule has 1 saturated heterocycles. The molecule has 1 N–H and O–H groups in total. The first-order valence-corrected chi connectivity index (χ1v) is 10.6. The topological polar surface area (TPSA) is 85.1 Å². The number of hydrogen-bond donors (Lipinski definition) is 1. The van der Waals surface area contributed by atoms with Gasteiger partial charge in [-0.1, -0.05) is 18.2 Å². The van der Waals surface area contributed by atoms with E-state index in [4.69, 9.17) is 0 Å². The molecule has 2 atom stereocenters. The number of fused-ring (bicyclic) bond motifs is 2. The number of amides is 2. The zero-order valence-corrected chi connectivity index (χ0v) is 18.2. The normalized spacial score (nSPS) is 22.4. The van der Waals surface area contributed by atoms with Crippen LogP contribution in [0.4, 0.5) is 5.69 Å². The van der Waals surface area contributed by atoms with E-state index < -0.39 is 11.5 Å². The Balaban J connectivity index is 1.63. The average Bonchev–Trinajstić information content (AvgIpc) is 3.48. The van der Waals surface area contributed by atoms with Crippen molar-refractivity contribution < 1.29 is 9.59 Å². The SMILES string of the molecule is Cc1cc(C(=O)N2CCC3(C(=O)Nc4ccccc43)C2c2cnn(C)c2)nn1C(C)C. The standard InChI is InChI=1S/C23H26N6O2/c1-14(2)29-15(3)11-19(26-29)21(30)28-10-9-23(20(28)16-12-24-27(4)13-16)17-7-5-6-8-18(17)25-22(23)31/h5-8,11-14,20H,9-10H2,1-4H3,(H,25,31). The number of benzene rings is 1. The van der Waals surface area contributed by atoms with E-state index in [0.717, 1.165) is 22.5 Å². The Morgan fingerprint density at radius 3 is 2.74 bits per heavy atom. The summed E-state index contributed by atoms with van der Waals surface area (Å²) in [5.74, 6) is -0.229. The Bertz CT molecular complexity index is 1190. The van der Waals surface area contributed by atoms with E-state index in [2.05, 4.69) is 15.5 Å². The van der Waals surface area contributed by atoms with Gasteiger partial charge in [-0.25, -0.2) is 0 Å². The average molecular weight is 419 g/mol. The van der Waals surface area contributed by atoms with Gasteiger partial charge in [0.1, 0.15) is 5.41 Å². The monoisotopic (exact) mass is 418 g/mol. The highest BCUT2D eigenvalue weighted by Crippen LogP contribution is 2.54. The van der Waals surface area contributed by atoms with Crippen molar-refractivity contribution in [2.75, 3.05) is 11.9 Å².